The summed E-state index contributed by atoms with van der Waals surface area (Å²) >= 11 is 1.50. The summed E-state index contributed by atoms with van der Waals surface area (Å²) in [5.74, 6) is -0.438. The van der Waals surface area contributed by atoms with Gasteiger partial charge in [0.05, 0.1) is 21.6 Å². The molecule has 0 saturated carbocycles. The third kappa shape index (κ3) is 3.25. The lowest BCUT2D eigenvalue weighted by Gasteiger charge is -2.22. The lowest BCUT2D eigenvalue weighted by molar-refractivity contribution is -0.385. The van der Waals surface area contributed by atoms with Crippen molar-refractivity contribution in [3.63, 3.8) is 0 Å². The molecular formula is C20H15N3O4S. The van der Waals surface area contributed by atoms with Crippen LogP contribution in [0.3, 0.4) is 0 Å². The predicted octanol–water partition coefficient (Wildman–Crippen LogP) is 4.35. The maximum atomic E-state index is 13.1. The van der Waals surface area contributed by atoms with Crippen molar-refractivity contribution in [2.45, 2.75) is 12.5 Å². The van der Waals surface area contributed by atoms with E-state index in [4.69, 9.17) is 0 Å². The number of hydrogen-bond acceptors (Lipinski definition) is 6. The molecule has 1 unspecified atom stereocenters. The van der Waals surface area contributed by atoms with Gasteiger partial charge in [0.2, 0.25) is 0 Å². The fourth-order valence-electron chi connectivity index (χ4n) is 3.17. The first kappa shape index (κ1) is 17.9. The molecule has 28 heavy (non-hydrogen) atoms. The molecule has 8 heteroatoms. The zero-order chi connectivity index (χ0) is 19.7. The summed E-state index contributed by atoms with van der Waals surface area (Å²) in [5, 5.41) is 29.3. The van der Waals surface area contributed by atoms with Gasteiger partial charge < -0.3 is 5.11 Å². The van der Waals surface area contributed by atoms with Crippen LogP contribution in [0.2, 0.25) is 0 Å². The monoisotopic (exact) mass is 393 g/mol. The Kier molecular flexibility index (Phi) is 4.62. The Morgan fingerprint density at radius 2 is 1.96 bits per heavy atom. The van der Waals surface area contributed by atoms with Crippen molar-refractivity contribution < 1.29 is 14.8 Å². The molecule has 0 aliphatic carbocycles. The lowest BCUT2D eigenvalue weighted by atomic mass is 9.99. The van der Waals surface area contributed by atoms with Crippen molar-refractivity contribution in [2.24, 2.45) is 5.10 Å². The van der Waals surface area contributed by atoms with Gasteiger partial charge in [-0.25, -0.2) is 5.01 Å². The smallest absolute Gasteiger partial charge is 0.274 e. The minimum atomic E-state index is -0.635. The van der Waals surface area contributed by atoms with Crippen molar-refractivity contribution >= 4 is 28.6 Å². The van der Waals surface area contributed by atoms with Crippen molar-refractivity contribution in [2.75, 3.05) is 0 Å². The van der Waals surface area contributed by atoms with Crippen LogP contribution in [-0.2, 0) is 0 Å². The number of benzene rings is 2. The molecular weight excluding hydrogens is 378 g/mol. The summed E-state index contributed by atoms with van der Waals surface area (Å²) < 4.78 is 0. The maximum absolute atomic E-state index is 13.1. The topological polar surface area (TPSA) is 96.0 Å². The molecule has 1 aliphatic heterocycles. The van der Waals surface area contributed by atoms with Gasteiger partial charge in [-0.1, -0.05) is 24.3 Å². The third-order valence-corrected chi connectivity index (χ3v) is 5.44. The Bertz CT molecular complexity index is 1060. The summed E-state index contributed by atoms with van der Waals surface area (Å²) in [5.41, 5.74) is 1.31. The molecule has 0 saturated heterocycles. The molecule has 0 bridgehead atoms. The minimum Gasteiger partial charge on any atom is -0.508 e. The molecule has 1 aliphatic rings. The van der Waals surface area contributed by atoms with E-state index < -0.39 is 11.0 Å². The molecule has 1 atom stereocenters. The second-order valence-corrected chi connectivity index (χ2v) is 7.21. The van der Waals surface area contributed by atoms with E-state index in [0.29, 0.717) is 23.3 Å². The zero-order valence-corrected chi connectivity index (χ0v) is 15.4. The number of phenolic OH excluding ortho intramolecular Hbond substituents is 1. The molecule has 1 aromatic heterocycles. The number of rotatable bonds is 4. The average molecular weight is 393 g/mol. The summed E-state index contributed by atoms with van der Waals surface area (Å²) in [4.78, 5) is 24.7. The van der Waals surface area contributed by atoms with E-state index in [1.165, 1.54) is 34.5 Å². The second-order valence-electron chi connectivity index (χ2n) is 6.26. The van der Waals surface area contributed by atoms with Crippen LogP contribution >= 0.6 is 11.3 Å². The zero-order valence-electron chi connectivity index (χ0n) is 14.6. The fraction of sp³-hybridized carbons (Fsp3) is 0.100. The van der Waals surface area contributed by atoms with Crippen LogP contribution in [0, 0.1) is 10.1 Å². The summed E-state index contributed by atoms with van der Waals surface area (Å²) in [6.45, 7) is 0. The molecule has 0 fully saturated rings. The van der Waals surface area contributed by atoms with E-state index in [0.717, 1.165) is 4.88 Å². The molecule has 7 nitrogen and oxygen atoms in total. The molecule has 4 rings (SSSR count). The van der Waals surface area contributed by atoms with E-state index in [-0.39, 0.29) is 17.3 Å². The summed E-state index contributed by atoms with van der Waals surface area (Å²) in [6, 6.07) is 15.7. The molecule has 1 amide bonds. The van der Waals surface area contributed by atoms with Gasteiger partial charge in [-0.15, -0.1) is 11.3 Å². The predicted molar refractivity (Wildman–Crippen MR) is 106 cm³/mol. The Hall–Kier alpha value is -3.52. The molecule has 3 aromatic rings. The van der Waals surface area contributed by atoms with Gasteiger partial charge in [0.1, 0.15) is 5.75 Å². The van der Waals surface area contributed by atoms with Crippen LogP contribution in [0.4, 0.5) is 5.69 Å². The standard InChI is InChI=1S/C20H15N3O4S/c24-18-9-8-14(23(26)27)11-15(18)17-12-16(19-7-4-10-28-19)21-22(17)20(25)13-5-2-1-3-6-13/h1-11,17,24H,12H2. The van der Waals surface area contributed by atoms with Gasteiger partial charge in [-0.2, -0.15) is 5.10 Å². The number of thiophene rings is 1. The van der Waals surface area contributed by atoms with Crippen molar-refractivity contribution in [1.82, 2.24) is 5.01 Å². The number of carbonyl (C=O) groups is 1. The van der Waals surface area contributed by atoms with Crippen molar-refractivity contribution in [3.05, 3.63) is 92.2 Å². The first-order chi connectivity index (χ1) is 13.5. The number of carbonyl (C=O) groups excluding carboxylic acids is 1. The average Bonchev–Trinajstić information content (AvgIpc) is 3.38. The van der Waals surface area contributed by atoms with Crippen molar-refractivity contribution in [3.8, 4) is 5.75 Å². The van der Waals surface area contributed by atoms with Crippen molar-refractivity contribution in [1.29, 1.82) is 0 Å². The maximum Gasteiger partial charge on any atom is 0.274 e. The highest BCUT2D eigenvalue weighted by atomic mass is 32.1. The highest BCUT2D eigenvalue weighted by Gasteiger charge is 2.36. The number of amides is 1. The Morgan fingerprint density at radius 3 is 2.64 bits per heavy atom. The Morgan fingerprint density at radius 1 is 1.18 bits per heavy atom. The van der Waals surface area contributed by atoms with E-state index in [2.05, 4.69) is 5.10 Å². The quantitative estimate of drug-likeness (QED) is 0.526. The van der Waals surface area contributed by atoms with E-state index in [9.17, 15) is 20.0 Å². The number of hydrazone groups is 1. The molecule has 1 N–H and O–H groups in total. The number of phenols is 1. The fourth-order valence-corrected chi connectivity index (χ4v) is 3.89. The van der Waals surface area contributed by atoms with Gasteiger partial charge >= 0.3 is 0 Å². The Labute approximate surface area is 164 Å². The molecule has 0 spiro atoms. The largest absolute Gasteiger partial charge is 0.508 e. The Balaban J connectivity index is 1.78. The van der Waals surface area contributed by atoms with Gasteiger partial charge in [-0.05, 0) is 29.6 Å². The van der Waals surface area contributed by atoms with E-state index in [1.807, 2.05) is 23.6 Å². The number of non-ortho nitro benzene ring substituents is 1. The van der Waals surface area contributed by atoms with Crippen LogP contribution in [-0.4, -0.2) is 26.7 Å². The first-order valence-electron chi connectivity index (χ1n) is 8.52. The number of nitro benzene ring substituents is 1. The number of hydrogen-bond donors (Lipinski definition) is 1. The van der Waals surface area contributed by atoms with Gasteiger partial charge in [0.15, 0.2) is 0 Å². The van der Waals surface area contributed by atoms with Crippen LogP contribution < -0.4 is 0 Å². The van der Waals surface area contributed by atoms with Gasteiger partial charge in [-0.3, -0.25) is 14.9 Å². The van der Waals surface area contributed by atoms with Gasteiger partial charge in [0.25, 0.3) is 11.6 Å². The molecule has 0 radical (unpaired) electrons. The third-order valence-electron chi connectivity index (χ3n) is 4.53. The summed E-state index contributed by atoms with van der Waals surface area (Å²) in [6.07, 6.45) is 0.355. The molecule has 140 valence electrons. The first-order valence-corrected chi connectivity index (χ1v) is 9.40. The SMILES string of the molecule is O=C(c1ccccc1)N1N=C(c2cccs2)CC1c1cc([N+](=O)[O-])ccc1O. The number of nitrogens with zero attached hydrogens (tertiary/aromatic N) is 3. The number of nitro groups is 1. The van der Waals surface area contributed by atoms with Crippen LogP contribution in [0.1, 0.15) is 33.3 Å². The number of aromatic hydroxyl groups is 1. The summed E-state index contributed by atoms with van der Waals surface area (Å²) in [7, 11) is 0. The minimum absolute atomic E-state index is 0.107. The molecule has 2 heterocycles. The van der Waals surface area contributed by atoms with E-state index >= 15 is 0 Å². The van der Waals surface area contributed by atoms with Crippen LogP contribution in [0.5, 0.6) is 5.75 Å². The van der Waals surface area contributed by atoms with Crippen LogP contribution in [0.25, 0.3) is 0 Å². The molecule has 2 aromatic carbocycles. The van der Waals surface area contributed by atoms with Gasteiger partial charge in [0, 0.05) is 29.7 Å². The highest BCUT2D eigenvalue weighted by molar-refractivity contribution is 7.12. The van der Waals surface area contributed by atoms with E-state index in [1.54, 1.807) is 24.3 Å². The second kappa shape index (κ2) is 7.24. The normalized spacial score (nSPS) is 16.1. The highest BCUT2D eigenvalue weighted by Crippen LogP contribution is 2.39. The lowest BCUT2D eigenvalue weighted by Crippen LogP contribution is -2.27. The van der Waals surface area contributed by atoms with Crippen LogP contribution in [0.15, 0.2) is 71.1 Å².